The van der Waals surface area contributed by atoms with Gasteiger partial charge in [-0.15, -0.1) is 11.8 Å². The van der Waals surface area contributed by atoms with E-state index in [-0.39, 0.29) is 12.7 Å². The van der Waals surface area contributed by atoms with Gasteiger partial charge in [-0.25, -0.2) is 4.39 Å². The normalized spacial score (nSPS) is 19.2. The second-order valence-corrected chi connectivity index (χ2v) is 6.19. The van der Waals surface area contributed by atoms with Gasteiger partial charge in [-0.05, 0) is 43.0 Å². The van der Waals surface area contributed by atoms with Crippen LogP contribution in [-0.4, -0.2) is 19.0 Å². The summed E-state index contributed by atoms with van der Waals surface area (Å²) < 4.78 is 19.0. The van der Waals surface area contributed by atoms with Gasteiger partial charge in [0.2, 0.25) is 0 Å². The van der Waals surface area contributed by atoms with Crippen LogP contribution in [0, 0.1) is 13.8 Å². The fourth-order valence-electron chi connectivity index (χ4n) is 2.22. The zero-order valence-electron chi connectivity index (χ0n) is 10.1. The van der Waals surface area contributed by atoms with Crippen molar-refractivity contribution in [3.05, 3.63) is 27.2 Å². The molecule has 0 N–H and O–H groups in total. The van der Waals surface area contributed by atoms with E-state index in [1.807, 2.05) is 11.8 Å². The molecule has 1 aliphatic heterocycles. The Morgan fingerprint density at radius 3 is 3.00 bits per heavy atom. The number of fused-ring (bicyclic) bond motifs is 1. The number of hydrogen-bond acceptors (Lipinski definition) is 2. The van der Waals surface area contributed by atoms with Crippen molar-refractivity contribution in [2.45, 2.75) is 31.3 Å². The zero-order chi connectivity index (χ0) is 12.4. The van der Waals surface area contributed by atoms with Crippen molar-refractivity contribution >= 4 is 27.7 Å². The van der Waals surface area contributed by atoms with Gasteiger partial charge in [0.15, 0.2) is 0 Å². The molecule has 1 aromatic rings. The second kappa shape index (κ2) is 5.72. The molecular weight excluding hydrogens is 303 g/mol. The molecule has 0 saturated carbocycles. The maximum absolute atomic E-state index is 12.2. The number of thioether (sulfide) groups is 1. The van der Waals surface area contributed by atoms with Crippen LogP contribution in [-0.2, 0) is 4.74 Å². The molecule has 0 aliphatic carbocycles. The Labute approximate surface area is 114 Å². The minimum Gasteiger partial charge on any atom is -0.371 e. The molecule has 0 spiro atoms. The van der Waals surface area contributed by atoms with E-state index in [4.69, 9.17) is 4.74 Å². The highest BCUT2D eigenvalue weighted by Gasteiger charge is 2.25. The Hall–Kier alpha value is -0.0600. The number of halogens is 2. The third kappa shape index (κ3) is 2.69. The Balaban J connectivity index is 2.41. The first-order valence-corrected chi connectivity index (χ1v) is 7.53. The van der Waals surface area contributed by atoms with Crippen LogP contribution < -0.4 is 0 Å². The monoisotopic (exact) mass is 318 g/mol. The van der Waals surface area contributed by atoms with Gasteiger partial charge in [0.25, 0.3) is 0 Å². The molecule has 1 aromatic carbocycles. The van der Waals surface area contributed by atoms with E-state index < -0.39 is 6.67 Å². The molecule has 17 heavy (non-hydrogen) atoms. The molecular formula is C13H16BrFOS. The molecule has 1 aliphatic rings. The van der Waals surface area contributed by atoms with Crippen molar-refractivity contribution in [1.29, 1.82) is 0 Å². The Morgan fingerprint density at radius 2 is 2.29 bits per heavy atom. The fraction of sp³-hybridized carbons (Fsp3) is 0.538. The van der Waals surface area contributed by atoms with E-state index in [2.05, 4.69) is 35.8 Å². The first-order chi connectivity index (χ1) is 8.15. The predicted molar refractivity (Wildman–Crippen MR) is 73.6 cm³/mol. The van der Waals surface area contributed by atoms with Gasteiger partial charge in [0, 0.05) is 15.1 Å². The van der Waals surface area contributed by atoms with Crippen molar-refractivity contribution in [3.63, 3.8) is 0 Å². The minimum atomic E-state index is -0.412. The standard InChI is InChI=1S/C13H16BrFOS/c1-8-7-10(14)9(2)12-11(16-5-4-15)3-6-17-13(8)12/h7,11H,3-6H2,1-2H3. The highest BCUT2D eigenvalue weighted by molar-refractivity contribution is 9.10. The summed E-state index contributed by atoms with van der Waals surface area (Å²) in [6.07, 6.45) is 1.02. The van der Waals surface area contributed by atoms with E-state index in [9.17, 15) is 4.39 Å². The van der Waals surface area contributed by atoms with Crippen molar-refractivity contribution in [3.8, 4) is 0 Å². The SMILES string of the molecule is Cc1cc(Br)c(C)c2c1SCCC2OCCF. The zero-order valence-corrected chi connectivity index (χ0v) is 12.5. The lowest BCUT2D eigenvalue weighted by molar-refractivity contribution is 0.0386. The molecule has 0 radical (unpaired) electrons. The van der Waals surface area contributed by atoms with Gasteiger partial charge in [-0.2, -0.15) is 0 Å². The van der Waals surface area contributed by atoms with Crippen LogP contribution in [0.2, 0.25) is 0 Å². The largest absolute Gasteiger partial charge is 0.371 e. The van der Waals surface area contributed by atoms with E-state index >= 15 is 0 Å². The van der Waals surface area contributed by atoms with Crippen LogP contribution in [0.5, 0.6) is 0 Å². The maximum atomic E-state index is 12.2. The van der Waals surface area contributed by atoms with Gasteiger partial charge in [0.1, 0.15) is 6.67 Å². The van der Waals surface area contributed by atoms with Gasteiger partial charge in [0.05, 0.1) is 12.7 Å². The number of ether oxygens (including phenoxy) is 1. The number of hydrogen-bond donors (Lipinski definition) is 0. The lowest BCUT2D eigenvalue weighted by Crippen LogP contribution is -2.15. The van der Waals surface area contributed by atoms with Crippen molar-refractivity contribution in [1.82, 2.24) is 0 Å². The number of benzene rings is 1. The summed E-state index contributed by atoms with van der Waals surface area (Å²) in [7, 11) is 0. The molecule has 0 amide bonds. The van der Waals surface area contributed by atoms with Gasteiger partial charge < -0.3 is 4.74 Å². The third-order valence-electron chi connectivity index (χ3n) is 3.05. The molecule has 1 nitrogen and oxygen atoms in total. The van der Waals surface area contributed by atoms with E-state index in [1.54, 1.807) is 0 Å². The molecule has 1 atom stereocenters. The Morgan fingerprint density at radius 1 is 1.53 bits per heavy atom. The van der Waals surface area contributed by atoms with Gasteiger partial charge in [-0.1, -0.05) is 15.9 Å². The third-order valence-corrected chi connectivity index (χ3v) is 5.15. The summed E-state index contributed by atoms with van der Waals surface area (Å²) in [6.45, 7) is 4.00. The minimum absolute atomic E-state index is 0.0539. The van der Waals surface area contributed by atoms with Crippen LogP contribution >= 0.6 is 27.7 Å². The lowest BCUT2D eigenvalue weighted by atomic mass is 9.98. The van der Waals surface area contributed by atoms with E-state index in [0.717, 1.165) is 16.6 Å². The summed E-state index contributed by atoms with van der Waals surface area (Å²) in [6, 6.07) is 2.15. The van der Waals surface area contributed by atoms with E-state index in [1.165, 1.54) is 21.6 Å². The van der Waals surface area contributed by atoms with Crippen LogP contribution in [0.1, 0.15) is 29.2 Å². The summed E-state index contributed by atoms with van der Waals surface area (Å²) >= 11 is 5.46. The van der Waals surface area contributed by atoms with Crippen molar-refractivity contribution in [2.75, 3.05) is 19.0 Å². The van der Waals surface area contributed by atoms with E-state index in [0.29, 0.717) is 0 Å². The number of alkyl halides is 1. The average molecular weight is 319 g/mol. The molecule has 0 bridgehead atoms. The molecule has 0 fully saturated rings. The van der Waals surface area contributed by atoms with Gasteiger partial charge >= 0.3 is 0 Å². The average Bonchev–Trinajstić information content (AvgIpc) is 2.33. The van der Waals surface area contributed by atoms with Crippen LogP contribution in [0.3, 0.4) is 0 Å². The van der Waals surface area contributed by atoms with Crippen molar-refractivity contribution < 1.29 is 9.13 Å². The topological polar surface area (TPSA) is 9.23 Å². The summed E-state index contributed by atoms with van der Waals surface area (Å²) in [5, 5.41) is 0. The Kier molecular flexibility index (Phi) is 4.50. The fourth-order valence-corrected chi connectivity index (χ4v) is 4.04. The number of rotatable bonds is 3. The Bertz CT molecular complexity index is 422. The number of aryl methyl sites for hydroxylation is 1. The lowest BCUT2D eigenvalue weighted by Gasteiger charge is -2.28. The smallest absolute Gasteiger partial charge is 0.113 e. The van der Waals surface area contributed by atoms with Crippen LogP contribution in [0.25, 0.3) is 0 Å². The highest BCUT2D eigenvalue weighted by Crippen LogP contribution is 2.43. The summed E-state index contributed by atoms with van der Waals surface area (Å²) in [4.78, 5) is 1.32. The van der Waals surface area contributed by atoms with Crippen LogP contribution in [0.15, 0.2) is 15.4 Å². The highest BCUT2D eigenvalue weighted by atomic mass is 79.9. The van der Waals surface area contributed by atoms with Crippen LogP contribution in [0.4, 0.5) is 4.39 Å². The van der Waals surface area contributed by atoms with Gasteiger partial charge in [-0.3, -0.25) is 0 Å². The van der Waals surface area contributed by atoms with Crippen molar-refractivity contribution in [2.24, 2.45) is 0 Å². The quantitative estimate of drug-likeness (QED) is 0.806. The molecule has 2 rings (SSSR count). The summed E-state index contributed by atoms with van der Waals surface area (Å²) in [5.41, 5.74) is 3.75. The molecule has 94 valence electrons. The second-order valence-electron chi connectivity index (χ2n) is 4.23. The molecule has 0 saturated heterocycles. The molecule has 1 unspecified atom stereocenters. The molecule has 1 heterocycles. The predicted octanol–water partition coefficient (Wildman–Crippen LogP) is 4.59. The first-order valence-electron chi connectivity index (χ1n) is 5.75. The molecule has 4 heteroatoms. The summed E-state index contributed by atoms with van der Waals surface area (Å²) in [5.74, 6) is 1.05. The molecule has 0 aromatic heterocycles. The maximum Gasteiger partial charge on any atom is 0.113 e. The first kappa shape index (κ1) is 13.4.